The molecular weight excluding hydrogens is 332 g/mol. The van der Waals surface area contributed by atoms with Crippen LogP contribution in [0, 0.1) is 0 Å². The molecule has 0 radical (unpaired) electrons. The van der Waals surface area contributed by atoms with Crippen molar-refractivity contribution in [2.24, 2.45) is 0 Å². The summed E-state index contributed by atoms with van der Waals surface area (Å²) in [6.07, 6.45) is 3.79. The predicted molar refractivity (Wildman–Crippen MR) is 94.7 cm³/mol. The standard InChI is InChI=1S/C19H18N4O3/c24-18-11-14(12-23(18)15-5-2-1-3-6-15)21-19(25)17-8-7-16(26-17)13-22-10-4-9-20-22/h1-10,14H,11-13H2,(H,21,25)/t14-/m0/s1. The van der Waals surface area contributed by atoms with Crippen LogP contribution in [0.3, 0.4) is 0 Å². The summed E-state index contributed by atoms with van der Waals surface area (Å²) < 4.78 is 7.31. The lowest BCUT2D eigenvalue weighted by Crippen LogP contribution is -2.37. The Kier molecular flexibility index (Phi) is 4.27. The van der Waals surface area contributed by atoms with Crippen LogP contribution >= 0.6 is 0 Å². The minimum absolute atomic E-state index is 0.000293. The van der Waals surface area contributed by atoms with E-state index in [1.54, 1.807) is 27.9 Å². The first-order valence-electron chi connectivity index (χ1n) is 8.41. The lowest BCUT2D eigenvalue weighted by molar-refractivity contribution is -0.117. The molecular formula is C19H18N4O3. The highest BCUT2D eigenvalue weighted by Gasteiger charge is 2.32. The largest absolute Gasteiger partial charge is 0.454 e. The molecule has 3 heterocycles. The van der Waals surface area contributed by atoms with Crippen LogP contribution in [0.1, 0.15) is 22.7 Å². The Morgan fingerprint density at radius 1 is 1.19 bits per heavy atom. The zero-order valence-electron chi connectivity index (χ0n) is 14.0. The van der Waals surface area contributed by atoms with Gasteiger partial charge in [0, 0.05) is 31.0 Å². The first-order valence-corrected chi connectivity index (χ1v) is 8.41. The van der Waals surface area contributed by atoms with E-state index in [-0.39, 0.29) is 30.0 Å². The van der Waals surface area contributed by atoms with Gasteiger partial charge < -0.3 is 14.6 Å². The summed E-state index contributed by atoms with van der Waals surface area (Å²) in [6.45, 7) is 0.916. The molecule has 0 saturated carbocycles. The SMILES string of the molecule is O=C(N[C@H]1CC(=O)N(c2ccccc2)C1)c1ccc(Cn2cccn2)o1. The third-order valence-corrected chi connectivity index (χ3v) is 4.29. The van der Waals surface area contributed by atoms with E-state index < -0.39 is 0 Å². The molecule has 1 aliphatic rings. The van der Waals surface area contributed by atoms with Gasteiger partial charge in [0.15, 0.2) is 5.76 Å². The number of rotatable bonds is 5. The van der Waals surface area contributed by atoms with Crippen molar-refractivity contribution in [1.82, 2.24) is 15.1 Å². The average molecular weight is 350 g/mol. The van der Waals surface area contributed by atoms with Crippen molar-refractivity contribution in [3.63, 3.8) is 0 Å². The van der Waals surface area contributed by atoms with Gasteiger partial charge in [0.25, 0.3) is 5.91 Å². The Hall–Kier alpha value is -3.35. The zero-order valence-corrected chi connectivity index (χ0v) is 14.0. The van der Waals surface area contributed by atoms with Crippen LogP contribution in [-0.4, -0.2) is 34.2 Å². The maximum atomic E-state index is 12.4. The van der Waals surface area contributed by atoms with E-state index in [1.807, 2.05) is 42.6 Å². The Morgan fingerprint density at radius 3 is 2.81 bits per heavy atom. The molecule has 26 heavy (non-hydrogen) atoms. The van der Waals surface area contributed by atoms with Gasteiger partial charge in [-0.2, -0.15) is 5.10 Å². The lowest BCUT2D eigenvalue weighted by Gasteiger charge is -2.16. The predicted octanol–water partition coefficient (Wildman–Crippen LogP) is 2.06. The number of furan rings is 1. The van der Waals surface area contributed by atoms with Crippen LogP contribution in [-0.2, 0) is 11.3 Å². The van der Waals surface area contributed by atoms with E-state index in [1.165, 1.54) is 0 Å². The van der Waals surface area contributed by atoms with E-state index in [4.69, 9.17) is 4.42 Å². The van der Waals surface area contributed by atoms with Gasteiger partial charge in [-0.15, -0.1) is 0 Å². The molecule has 1 atom stereocenters. The Labute approximate surface area is 150 Å². The number of anilines is 1. The van der Waals surface area contributed by atoms with Crippen molar-refractivity contribution in [2.75, 3.05) is 11.4 Å². The molecule has 0 bridgehead atoms. The maximum Gasteiger partial charge on any atom is 0.287 e. The first-order chi connectivity index (χ1) is 12.7. The van der Waals surface area contributed by atoms with Gasteiger partial charge in [-0.05, 0) is 30.3 Å². The van der Waals surface area contributed by atoms with E-state index in [2.05, 4.69) is 10.4 Å². The molecule has 1 N–H and O–H groups in total. The molecule has 1 fully saturated rings. The van der Waals surface area contributed by atoms with Crippen molar-refractivity contribution in [3.05, 3.63) is 72.4 Å². The molecule has 132 valence electrons. The molecule has 2 aromatic heterocycles. The number of carbonyl (C=O) groups is 2. The van der Waals surface area contributed by atoms with E-state index in [0.717, 1.165) is 5.69 Å². The van der Waals surface area contributed by atoms with Crippen LogP contribution in [0.25, 0.3) is 0 Å². The van der Waals surface area contributed by atoms with Gasteiger partial charge in [-0.3, -0.25) is 14.3 Å². The summed E-state index contributed by atoms with van der Waals surface area (Å²) in [7, 11) is 0. The van der Waals surface area contributed by atoms with E-state index in [0.29, 0.717) is 18.8 Å². The second-order valence-corrected chi connectivity index (χ2v) is 6.18. The van der Waals surface area contributed by atoms with Gasteiger partial charge in [0.1, 0.15) is 5.76 Å². The number of amides is 2. The van der Waals surface area contributed by atoms with Gasteiger partial charge in [0.05, 0.1) is 12.6 Å². The minimum Gasteiger partial charge on any atom is -0.454 e. The minimum atomic E-state index is -0.315. The highest BCUT2D eigenvalue weighted by atomic mass is 16.4. The molecule has 1 aromatic carbocycles. The fraction of sp³-hybridized carbons (Fsp3) is 0.211. The van der Waals surface area contributed by atoms with Crippen LogP contribution in [0.5, 0.6) is 0 Å². The third-order valence-electron chi connectivity index (χ3n) is 4.29. The summed E-state index contributed by atoms with van der Waals surface area (Å²) in [5, 5.41) is 6.99. The Morgan fingerprint density at radius 2 is 2.04 bits per heavy atom. The molecule has 2 amide bonds. The zero-order chi connectivity index (χ0) is 17.9. The first kappa shape index (κ1) is 16.1. The summed E-state index contributed by atoms with van der Waals surface area (Å²) in [5.74, 6) is 0.565. The van der Waals surface area contributed by atoms with E-state index >= 15 is 0 Å². The van der Waals surface area contributed by atoms with Crippen LogP contribution in [0.2, 0.25) is 0 Å². The lowest BCUT2D eigenvalue weighted by atomic mass is 10.2. The van der Waals surface area contributed by atoms with Gasteiger partial charge in [0.2, 0.25) is 5.91 Å². The Balaban J connectivity index is 1.38. The Bertz CT molecular complexity index is 902. The quantitative estimate of drug-likeness (QED) is 0.764. The number of nitrogens with zero attached hydrogens (tertiary/aromatic N) is 3. The topological polar surface area (TPSA) is 80.4 Å². The second kappa shape index (κ2) is 6.87. The fourth-order valence-electron chi connectivity index (χ4n) is 3.06. The molecule has 1 aliphatic heterocycles. The number of hydrogen-bond acceptors (Lipinski definition) is 4. The normalized spacial score (nSPS) is 16.8. The molecule has 4 rings (SSSR count). The monoisotopic (exact) mass is 350 g/mol. The highest BCUT2D eigenvalue weighted by Crippen LogP contribution is 2.21. The number of para-hydroxylation sites is 1. The van der Waals surface area contributed by atoms with Crippen molar-refractivity contribution in [2.45, 2.75) is 19.0 Å². The molecule has 0 spiro atoms. The highest BCUT2D eigenvalue weighted by molar-refractivity contribution is 5.98. The number of benzene rings is 1. The van der Waals surface area contributed by atoms with Crippen molar-refractivity contribution in [3.8, 4) is 0 Å². The molecule has 0 aliphatic carbocycles. The number of hydrogen-bond donors (Lipinski definition) is 1. The summed E-state index contributed by atoms with van der Waals surface area (Å²) >= 11 is 0. The second-order valence-electron chi connectivity index (χ2n) is 6.18. The number of nitrogens with one attached hydrogen (secondary N) is 1. The summed E-state index contributed by atoms with van der Waals surface area (Å²) in [5.41, 5.74) is 0.841. The number of aromatic nitrogens is 2. The van der Waals surface area contributed by atoms with Crippen LogP contribution in [0.15, 0.2) is 65.3 Å². The molecule has 3 aromatic rings. The van der Waals surface area contributed by atoms with Crippen LogP contribution in [0.4, 0.5) is 5.69 Å². The van der Waals surface area contributed by atoms with Crippen LogP contribution < -0.4 is 10.2 Å². The van der Waals surface area contributed by atoms with Gasteiger partial charge in [-0.25, -0.2) is 0 Å². The fourth-order valence-corrected chi connectivity index (χ4v) is 3.06. The van der Waals surface area contributed by atoms with E-state index in [9.17, 15) is 9.59 Å². The van der Waals surface area contributed by atoms with Crippen molar-refractivity contribution in [1.29, 1.82) is 0 Å². The van der Waals surface area contributed by atoms with Crippen molar-refractivity contribution >= 4 is 17.5 Å². The number of carbonyl (C=O) groups excluding carboxylic acids is 2. The van der Waals surface area contributed by atoms with Gasteiger partial charge >= 0.3 is 0 Å². The maximum absolute atomic E-state index is 12.4. The van der Waals surface area contributed by atoms with Crippen molar-refractivity contribution < 1.29 is 14.0 Å². The molecule has 1 saturated heterocycles. The average Bonchev–Trinajstić information content (AvgIpc) is 3.38. The summed E-state index contributed by atoms with van der Waals surface area (Å²) in [4.78, 5) is 26.3. The van der Waals surface area contributed by atoms with Gasteiger partial charge in [-0.1, -0.05) is 18.2 Å². The molecule has 0 unspecified atom stereocenters. The third kappa shape index (κ3) is 3.37. The molecule has 7 nitrogen and oxygen atoms in total. The molecule has 7 heteroatoms. The smallest absolute Gasteiger partial charge is 0.287 e. The summed E-state index contributed by atoms with van der Waals surface area (Å²) in [6, 6.07) is 14.4.